The van der Waals surface area contributed by atoms with Crippen molar-refractivity contribution in [2.24, 2.45) is 0 Å². The van der Waals surface area contributed by atoms with Gasteiger partial charge in [-0.15, -0.1) is 11.8 Å². The zero-order chi connectivity index (χ0) is 21.3. The molecule has 0 aliphatic carbocycles. The number of benzene rings is 3. The number of hydrogen-bond acceptors (Lipinski definition) is 3. The van der Waals surface area contributed by atoms with Gasteiger partial charge in [0.1, 0.15) is 5.75 Å². The predicted molar refractivity (Wildman–Crippen MR) is 126 cm³/mol. The molecule has 0 bridgehead atoms. The van der Waals surface area contributed by atoms with E-state index in [0.717, 1.165) is 34.1 Å². The predicted octanol–water partition coefficient (Wildman–Crippen LogP) is 6.39. The first-order valence-electron chi connectivity index (χ1n) is 9.95. The van der Waals surface area contributed by atoms with Gasteiger partial charge in [0.25, 0.3) is 5.91 Å². The largest absolute Gasteiger partial charge is 0.496 e. The van der Waals surface area contributed by atoms with Crippen molar-refractivity contribution >= 4 is 29.3 Å². The quantitative estimate of drug-likeness (QED) is 0.392. The van der Waals surface area contributed by atoms with Gasteiger partial charge in [0.05, 0.1) is 7.11 Å². The average molecular weight is 440 g/mol. The minimum Gasteiger partial charge on any atom is -0.496 e. The van der Waals surface area contributed by atoms with E-state index in [1.165, 1.54) is 5.56 Å². The van der Waals surface area contributed by atoms with Gasteiger partial charge in [-0.25, -0.2) is 0 Å². The van der Waals surface area contributed by atoms with Crippen LogP contribution in [0.3, 0.4) is 0 Å². The summed E-state index contributed by atoms with van der Waals surface area (Å²) in [6.45, 7) is 2.04. The lowest BCUT2D eigenvalue weighted by Gasteiger charge is -2.15. The molecule has 0 unspecified atom stereocenters. The lowest BCUT2D eigenvalue weighted by Crippen LogP contribution is -2.32. The third-order valence-electron chi connectivity index (χ3n) is 4.84. The Balaban J connectivity index is 1.61. The number of ether oxygens (including phenoxy) is 1. The van der Waals surface area contributed by atoms with E-state index in [2.05, 4.69) is 17.4 Å². The van der Waals surface area contributed by atoms with Crippen molar-refractivity contribution in [3.8, 4) is 5.75 Å². The van der Waals surface area contributed by atoms with Crippen LogP contribution in [0.4, 0.5) is 0 Å². The molecule has 0 spiro atoms. The zero-order valence-corrected chi connectivity index (χ0v) is 18.8. The first-order valence-corrected chi connectivity index (χ1v) is 11.3. The van der Waals surface area contributed by atoms with Crippen LogP contribution < -0.4 is 10.1 Å². The number of nitrogens with one attached hydrogen (secondary N) is 1. The second kappa shape index (κ2) is 11.1. The third kappa shape index (κ3) is 6.54. The smallest absolute Gasteiger partial charge is 0.251 e. The van der Waals surface area contributed by atoms with E-state index in [1.807, 2.05) is 67.6 Å². The molecule has 0 saturated heterocycles. The molecule has 3 aromatic rings. The molecule has 1 N–H and O–H groups in total. The van der Waals surface area contributed by atoms with E-state index in [4.69, 9.17) is 16.3 Å². The molecule has 156 valence electrons. The highest BCUT2D eigenvalue weighted by Gasteiger charge is 2.13. The Morgan fingerprint density at radius 2 is 1.80 bits per heavy atom. The summed E-state index contributed by atoms with van der Waals surface area (Å²) < 4.78 is 5.49. The zero-order valence-electron chi connectivity index (χ0n) is 17.2. The molecule has 1 amide bonds. The van der Waals surface area contributed by atoms with Crippen LogP contribution >= 0.6 is 23.4 Å². The monoisotopic (exact) mass is 439 g/mol. The van der Waals surface area contributed by atoms with E-state index >= 15 is 0 Å². The maximum Gasteiger partial charge on any atom is 0.251 e. The van der Waals surface area contributed by atoms with Crippen molar-refractivity contribution in [3.63, 3.8) is 0 Å². The second-order valence-corrected chi connectivity index (χ2v) is 8.65. The Labute approximate surface area is 187 Å². The standard InChI is InChI=1S/C25H26ClNO2S/c1-18(8-9-19-6-4-3-5-7-19)27-25(28)20-10-15-24(29-2)21(16-20)17-30-23-13-11-22(26)12-14-23/h3-7,10-16,18H,8-9,17H2,1-2H3,(H,27,28)/t18-/m0/s1. The molecule has 3 aromatic carbocycles. The molecule has 0 saturated carbocycles. The molecule has 0 aliphatic heterocycles. The molecule has 0 radical (unpaired) electrons. The Bertz CT molecular complexity index is 961. The van der Waals surface area contributed by atoms with Crippen molar-refractivity contribution in [2.45, 2.75) is 36.5 Å². The van der Waals surface area contributed by atoms with Gasteiger partial charge in [-0.05, 0) is 67.8 Å². The summed E-state index contributed by atoms with van der Waals surface area (Å²) in [6, 6.07) is 23.7. The number of carbonyl (C=O) groups excluding carboxylic acids is 1. The first-order chi connectivity index (χ1) is 14.5. The van der Waals surface area contributed by atoms with Gasteiger partial charge in [-0.1, -0.05) is 41.9 Å². The van der Waals surface area contributed by atoms with Crippen LogP contribution in [0.5, 0.6) is 5.75 Å². The molecule has 30 heavy (non-hydrogen) atoms. The first kappa shape index (κ1) is 22.3. The van der Waals surface area contributed by atoms with Crippen molar-refractivity contribution in [1.82, 2.24) is 5.32 Å². The van der Waals surface area contributed by atoms with Crippen molar-refractivity contribution in [3.05, 3.63) is 94.5 Å². The van der Waals surface area contributed by atoms with Crippen molar-refractivity contribution in [2.75, 3.05) is 7.11 Å². The second-order valence-electron chi connectivity index (χ2n) is 7.17. The van der Waals surface area contributed by atoms with Gasteiger partial charge in [0.15, 0.2) is 0 Å². The number of hydrogen-bond donors (Lipinski definition) is 1. The van der Waals surface area contributed by atoms with Crippen LogP contribution in [-0.2, 0) is 12.2 Å². The molecule has 0 aliphatic rings. The van der Waals surface area contributed by atoms with Crippen molar-refractivity contribution < 1.29 is 9.53 Å². The number of rotatable bonds is 9. The van der Waals surface area contributed by atoms with Gasteiger partial charge in [0.2, 0.25) is 0 Å². The fraction of sp³-hybridized carbons (Fsp3) is 0.240. The van der Waals surface area contributed by atoms with Crippen LogP contribution in [0.1, 0.15) is 34.8 Å². The highest BCUT2D eigenvalue weighted by atomic mass is 35.5. The number of thioether (sulfide) groups is 1. The maximum atomic E-state index is 12.8. The summed E-state index contributed by atoms with van der Waals surface area (Å²) in [7, 11) is 1.65. The van der Waals surface area contributed by atoms with E-state index in [1.54, 1.807) is 18.9 Å². The van der Waals surface area contributed by atoms with Gasteiger partial charge in [-0.3, -0.25) is 4.79 Å². The number of halogens is 1. The summed E-state index contributed by atoms with van der Waals surface area (Å²) in [4.78, 5) is 13.9. The Kier molecular flexibility index (Phi) is 8.23. The van der Waals surface area contributed by atoms with Crippen LogP contribution in [-0.4, -0.2) is 19.1 Å². The van der Waals surface area contributed by atoms with Crippen molar-refractivity contribution in [1.29, 1.82) is 0 Å². The van der Waals surface area contributed by atoms with Gasteiger partial charge < -0.3 is 10.1 Å². The number of amides is 1. The minimum atomic E-state index is -0.0593. The summed E-state index contributed by atoms with van der Waals surface area (Å²) in [5, 5.41) is 3.83. The molecule has 5 heteroatoms. The van der Waals surface area contributed by atoms with Crippen LogP contribution in [0.2, 0.25) is 5.02 Å². The minimum absolute atomic E-state index is 0.0593. The summed E-state index contributed by atoms with van der Waals surface area (Å²) in [5.74, 6) is 1.43. The summed E-state index contributed by atoms with van der Waals surface area (Å²) in [5.41, 5.74) is 2.92. The molecular weight excluding hydrogens is 414 g/mol. The Morgan fingerprint density at radius 3 is 2.50 bits per heavy atom. The van der Waals surface area contributed by atoms with Crippen LogP contribution in [0.25, 0.3) is 0 Å². The van der Waals surface area contributed by atoms with E-state index < -0.39 is 0 Å². The molecule has 1 atom stereocenters. The number of methoxy groups -OCH3 is 1. The SMILES string of the molecule is COc1ccc(C(=O)N[C@@H](C)CCc2ccccc2)cc1CSc1ccc(Cl)cc1. The van der Waals surface area contributed by atoms with E-state index in [-0.39, 0.29) is 11.9 Å². The highest BCUT2D eigenvalue weighted by Crippen LogP contribution is 2.29. The van der Waals surface area contributed by atoms with Crippen LogP contribution in [0.15, 0.2) is 77.7 Å². The normalized spacial score (nSPS) is 11.7. The molecule has 3 nitrogen and oxygen atoms in total. The topological polar surface area (TPSA) is 38.3 Å². The Hall–Kier alpha value is -2.43. The third-order valence-corrected chi connectivity index (χ3v) is 6.15. The van der Waals surface area contributed by atoms with Gasteiger partial charge >= 0.3 is 0 Å². The molecule has 0 aromatic heterocycles. The lowest BCUT2D eigenvalue weighted by atomic mass is 10.1. The summed E-state index contributed by atoms with van der Waals surface area (Å²) in [6.07, 6.45) is 1.83. The lowest BCUT2D eigenvalue weighted by molar-refractivity contribution is 0.0938. The fourth-order valence-corrected chi connectivity index (χ4v) is 4.13. The molecule has 0 fully saturated rings. The van der Waals surface area contributed by atoms with Gasteiger partial charge in [0, 0.05) is 32.8 Å². The molecular formula is C25H26ClNO2S. The average Bonchev–Trinajstić information content (AvgIpc) is 2.77. The van der Waals surface area contributed by atoms with Crippen LogP contribution in [0, 0.1) is 0 Å². The maximum absolute atomic E-state index is 12.8. The summed E-state index contributed by atoms with van der Waals surface area (Å²) >= 11 is 7.64. The highest BCUT2D eigenvalue weighted by molar-refractivity contribution is 7.98. The Morgan fingerprint density at radius 1 is 1.07 bits per heavy atom. The fourth-order valence-electron chi connectivity index (χ4n) is 3.13. The number of aryl methyl sites for hydroxylation is 1. The molecule has 0 heterocycles. The van der Waals surface area contributed by atoms with E-state index in [9.17, 15) is 4.79 Å². The molecule has 3 rings (SSSR count). The number of carbonyl (C=O) groups is 1. The van der Waals surface area contributed by atoms with E-state index in [0.29, 0.717) is 11.3 Å². The van der Waals surface area contributed by atoms with Gasteiger partial charge in [-0.2, -0.15) is 0 Å².